The van der Waals surface area contributed by atoms with Crippen molar-refractivity contribution in [2.45, 2.75) is 38.0 Å². The van der Waals surface area contributed by atoms with Crippen molar-refractivity contribution in [3.05, 3.63) is 36.0 Å². The number of hydrogen-bond donors (Lipinski definition) is 2. The van der Waals surface area contributed by atoms with Gasteiger partial charge in [-0.3, -0.25) is 0 Å². The summed E-state index contributed by atoms with van der Waals surface area (Å²) in [5, 5.41) is 0. The Morgan fingerprint density at radius 1 is 1.06 bits per heavy atom. The van der Waals surface area contributed by atoms with Gasteiger partial charge in [0.25, 0.3) is 0 Å². The molecule has 1 aromatic carbocycles. The molecule has 0 bridgehead atoms. The first-order chi connectivity index (χ1) is 8.83. The standard InChI is InChI=1S/C15H19N3/c16-15-17-10-14(18-15)13-8-6-12(7-9-13)11-4-2-1-3-5-11/h6-11H,1-5H2,(H3,16,17,18). The van der Waals surface area contributed by atoms with Gasteiger partial charge in [0.1, 0.15) is 0 Å². The highest BCUT2D eigenvalue weighted by Gasteiger charge is 2.15. The smallest absolute Gasteiger partial charge is 0.197 e. The Hall–Kier alpha value is -1.77. The summed E-state index contributed by atoms with van der Waals surface area (Å²) in [5.74, 6) is 1.24. The molecular weight excluding hydrogens is 222 g/mol. The molecule has 3 heteroatoms. The molecule has 1 fully saturated rings. The molecule has 0 aliphatic heterocycles. The van der Waals surface area contributed by atoms with Crippen LogP contribution in [0.4, 0.5) is 5.95 Å². The Kier molecular flexibility index (Phi) is 3.05. The molecule has 0 saturated heterocycles. The van der Waals surface area contributed by atoms with Crippen LogP contribution in [0.1, 0.15) is 43.6 Å². The van der Waals surface area contributed by atoms with Crippen LogP contribution in [0.3, 0.4) is 0 Å². The highest BCUT2D eigenvalue weighted by atomic mass is 15.0. The van der Waals surface area contributed by atoms with Crippen molar-refractivity contribution in [1.82, 2.24) is 9.97 Å². The summed E-state index contributed by atoms with van der Waals surface area (Å²) in [6.45, 7) is 0. The fourth-order valence-corrected chi connectivity index (χ4v) is 2.85. The second kappa shape index (κ2) is 4.84. The molecule has 0 atom stereocenters. The second-order valence-electron chi connectivity index (χ2n) is 5.14. The van der Waals surface area contributed by atoms with E-state index in [2.05, 4.69) is 34.2 Å². The van der Waals surface area contributed by atoms with Crippen LogP contribution in [-0.2, 0) is 0 Å². The first kappa shape index (κ1) is 11.3. The fraction of sp³-hybridized carbons (Fsp3) is 0.400. The van der Waals surface area contributed by atoms with Gasteiger partial charge in [-0.15, -0.1) is 0 Å². The third-order valence-electron chi connectivity index (χ3n) is 3.89. The van der Waals surface area contributed by atoms with Gasteiger partial charge >= 0.3 is 0 Å². The largest absolute Gasteiger partial charge is 0.369 e. The Labute approximate surface area is 107 Å². The van der Waals surface area contributed by atoms with E-state index in [1.807, 2.05) is 0 Å². The Balaban J connectivity index is 1.80. The average Bonchev–Trinajstić information content (AvgIpc) is 2.87. The number of hydrogen-bond acceptors (Lipinski definition) is 2. The minimum Gasteiger partial charge on any atom is -0.369 e. The van der Waals surface area contributed by atoms with Gasteiger partial charge in [0.05, 0.1) is 11.9 Å². The van der Waals surface area contributed by atoms with Crippen LogP contribution in [0.5, 0.6) is 0 Å². The quantitative estimate of drug-likeness (QED) is 0.842. The predicted molar refractivity (Wildman–Crippen MR) is 74.3 cm³/mol. The molecule has 0 amide bonds. The molecular formula is C15H19N3. The fourth-order valence-electron chi connectivity index (χ4n) is 2.85. The van der Waals surface area contributed by atoms with Crippen LogP contribution in [0, 0.1) is 0 Å². The van der Waals surface area contributed by atoms with E-state index >= 15 is 0 Å². The molecule has 1 aliphatic carbocycles. The van der Waals surface area contributed by atoms with Crippen LogP contribution in [-0.4, -0.2) is 9.97 Å². The minimum atomic E-state index is 0.473. The van der Waals surface area contributed by atoms with Gasteiger partial charge in [0.2, 0.25) is 0 Å². The zero-order valence-electron chi connectivity index (χ0n) is 10.5. The maximum Gasteiger partial charge on any atom is 0.197 e. The second-order valence-corrected chi connectivity index (χ2v) is 5.14. The molecule has 1 aliphatic rings. The number of H-pyrrole nitrogens is 1. The minimum absolute atomic E-state index is 0.473. The first-order valence-electron chi connectivity index (χ1n) is 6.74. The lowest BCUT2D eigenvalue weighted by atomic mass is 9.84. The van der Waals surface area contributed by atoms with E-state index in [1.165, 1.54) is 37.7 Å². The van der Waals surface area contributed by atoms with Crippen molar-refractivity contribution < 1.29 is 0 Å². The number of nitrogens with one attached hydrogen (secondary N) is 1. The van der Waals surface area contributed by atoms with Gasteiger partial charge in [0, 0.05) is 0 Å². The lowest BCUT2D eigenvalue weighted by Gasteiger charge is -2.22. The molecule has 94 valence electrons. The number of aromatic amines is 1. The summed E-state index contributed by atoms with van der Waals surface area (Å²) in [7, 11) is 0. The van der Waals surface area contributed by atoms with Gasteiger partial charge in [-0.05, 0) is 29.9 Å². The lowest BCUT2D eigenvalue weighted by molar-refractivity contribution is 0.443. The topological polar surface area (TPSA) is 54.7 Å². The first-order valence-corrected chi connectivity index (χ1v) is 6.74. The number of nitrogens with zero attached hydrogens (tertiary/aromatic N) is 1. The van der Waals surface area contributed by atoms with Crippen LogP contribution >= 0.6 is 0 Å². The summed E-state index contributed by atoms with van der Waals surface area (Å²) in [4.78, 5) is 7.09. The maximum atomic E-state index is 5.60. The van der Waals surface area contributed by atoms with E-state index in [1.54, 1.807) is 6.20 Å². The molecule has 1 heterocycles. The summed E-state index contributed by atoms with van der Waals surface area (Å²) >= 11 is 0. The van der Waals surface area contributed by atoms with E-state index in [9.17, 15) is 0 Å². The molecule has 1 aromatic heterocycles. The summed E-state index contributed by atoms with van der Waals surface area (Å²) in [6.07, 6.45) is 8.63. The molecule has 0 spiro atoms. The summed E-state index contributed by atoms with van der Waals surface area (Å²) in [6, 6.07) is 8.83. The average molecular weight is 241 g/mol. The third-order valence-corrected chi connectivity index (χ3v) is 3.89. The maximum absolute atomic E-state index is 5.60. The van der Waals surface area contributed by atoms with Crippen molar-refractivity contribution in [3.63, 3.8) is 0 Å². The summed E-state index contributed by atoms with van der Waals surface area (Å²) < 4.78 is 0. The lowest BCUT2D eigenvalue weighted by Crippen LogP contribution is -2.04. The zero-order valence-corrected chi connectivity index (χ0v) is 10.5. The van der Waals surface area contributed by atoms with E-state index in [0.717, 1.165) is 17.2 Å². The van der Waals surface area contributed by atoms with Crippen molar-refractivity contribution in [3.8, 4) is 11.3 Å². The molecule has 3 N–H and O–H groups in total. The van der Waals surface area contributed by atoms with Gasteiger partial charge in [0.15, 0.2) is 5.95 Å². The number of imidazole rings is 1. The van der Waals surface area contributed by atoms with Gasteiger partial charge < -0.3 is 10.7 Å². The van der Waals surface area contributed by atoms with Gasteiger partial charge in [-0.1, -0.05) is 43.5 Å². The van der Waals surface area contributed by atoms with Crippen molar-refractivity contribution in [2.75, 3.05) is 5.73 Å². The monoisotopic (exact) mass is 241 g/mol. The Bertz CT molecular complexity index is 507. The molecule has 3 rings (SSSR count). The normalized spacial score (nSPS) is 16.9. The van der Waals surface area contributed by atoms with E-state index in [0.29, 0.717) is 5.95 Å². The number of aromatic nitrogens is 2. The van der Waals surface area contributed by atoms with Crippen LogP contribution in [0.15, 0.2) is 30.5 Å². The number of anilines is 1. The van der Waals surface area contributed by atoms with E-state index in [4.69, 9.17) is 5.73 Å². The van der Waals surface area contributed by atoms with Gasteiger partial charge in [-0.25, -0.2) is 4.98 Å². The highest BCUT2D eigenvalue weighted by Crippen LogP contribution is 2.33. The van der Waals surface area contributed by atoms with Crippen LogP contribution in [0.25, 0.3) is 11.3 Å². The van der Waals surface area contributed by atoms with Crippen molar-refractivity contribution in [1.29, 1.82) is 0 Å². The van der Waals surface area contributed by atoms with E-state index < -0.39 is 0 Å². The van der Waals surface area contributed by atoms with E-state index in [-0.39, 0.29) is 0 Å². The summed E-state index contributed by atoms with van der Waals surface area (Å²) in [5.41, 5.74) is 9.21. The predicted octanol–water partition coefficient (Wildman–Crippen LogP) is 3.71. The van der Waals surface area contributed by atoms with Crippen LogP contribution in [0.2, 0.25) is 0 Å². The molecule has 2 aromatic rings. The van der Waals surface area contributed by atoms with Crippen molar-refractivity contribution in [2.24, 2.45) is 0 Å². The Morgan fingerprint density at radius 2 is 1.78 bits per heavy atom. The number of rotatable bonds is 2. The molecule has 18 heavy (non-hydrogen) atoms. The molecule has 0 unspecified atom stereocenters. The number of nitrogens with two attached hydrogens (primary N) is 1. The number of nitrogen functional groups attached to an aromatic ring is 1. The molecule has 1 saturated carbocycles. The van der Waals surface area contributed by atoms with Gasteiger partial charge in [-0.2, -0.15) is 0 Å². The Morgan fingerprint density at radius 3 is 2.39 bits per heavy atom. The molecule has 3 nitrogen and oxygen atoms in total. The third kappa shape index (κ3) is 2.26. The molecule has 0 radical (unpaired) electrons. The SMILES string of the molecule is Nc1ncc(-c2ccc(C3CCCCC3)cc2)[nH]1. The highest BCUT2D eigenvalue weighted by molar-refractivity contribution is 5.60. The zero-order chi connectivity index (χ0) is 12.4. The van der Waals surface area contributed by atoms with Crippen molar-refractivity contribution >= 4 is 5.95 Å². The number of benzene rings is 1. The van der Waals surface area contributed by atoms with Crippen LogP contribution < -0.4 is 5.73 Å².